The maximum absolute atomic E-state index is 12.6. The molecule has 2 saturated heterocycles. The molecule has 1 aromatic carbocycles. The highest BCUT2D eigenvalue weighted by molar-refractivity contribution is 7.89. The topological polar surface area (TPSA) is 103 Å². The van der Waals surface area contributed by atoms with Gasteiger partial charge in [-0.15, -0.1) is 0 Å². The molecule has 1 amide bonds. The summed E-state index contributed by atoms with van der Waals surface area (Å²) in [6, 6.07) is 4.82. The van der Waals surface area contributed by atoms with Crippen LogP contribution >= 0.6 is 0 Å². The summed E-state index contributed by atoms with van der Waals surface area (Å²) >= 11 is 0. The average molecular weight is 414 g/mol. The van der Waals surface area contributed by atoms with Crippen molar-refractivity contribution in [1.82, 2.24) is 9.62 Å². The maximum atomic E-state index is 12.6. The van der Waals surface area contributed by atoms with Gasteiger partial charge in [0.05, 0.1) is 38.7 Å². The zero-order valence-corrected chi connectivity index (χ0v) is 16.9. The van der Waals surface area contributed by atoms with Crippen LogP contribution in [0.3, 0.4) is 0 Å². The lowest BCUT2D eigenvalue weighted by molar-refractivity contribution is -0.179. The van der Waals surface area contributed by atoms with Gasteiger partial charge in [-0.05, 0) is 12.1 Å². The number of sulfonamides is 1. The number of nitrogens with zero attached hydrogens (tertiary/aromatic N) is 1. The van der Waals surface area contributed by atoms with E-state index in [0.717, 1.165) is 0 Å². The molecule has 10 heteroatoms. The van der Waals surface area contributed by atoms with E-state index >= 15 is 0 Å². The Balaban J connectivity index is 1.52. The fraction of sp³-hybridized carbons (Fsp3) is 0.611. The van der Waals surface area contributed by atoms with Crippen LogP contribution < -0.4 is 14.8 Å². The number of rotatable bonds is 7. The van der Waals surface area contributed by atoms with Gasteiger partial charge in [0.1, 0.15) is 11.5 Å². The molecule has 1 spiro atoms. The smallest absolute Gasteiger partial charge is 0.255 e. The summed E-state index contributed by atoms with van der Waals surface area (Å²) in [4.78, 5) is 12.4. The molecule has 0 bridgehead atoms. The quantitative estimate of drug-likeness (QED) is 0.697. The Morgan fingerprint density at radius 1 is 1.18 bits per heavy atom. The summed E-state index contributed by atoms with van der Waals surface area (Å²) in [5.74, 6) is -0.274. The number of ether oxygens (including phenoxy) is 4. The number of carbonyl (C=O) groups is 1. The summed E-state index contributed by atoms with van der Waals surface area (Å²) in [6.07, 6.45) is 1.03. The van der Waals surface area contributed by atoms with E-state index in [1.165, 1.54) is 18.5 Å². The molecule has 2 aliphatic heterocycles. The molecule has 0 saturated carbocycles. The molecule has 0 unspecified atom stereocenters. The van der Waals surface area contributed by atoms with Gasteiger partial charge in [0.25, 0.3) is 5.91 Å². The van der Waals surface area contributed by atoms with Gasteiger partial charge in [0.2, 0.25) is 10.0 Å². The zero-order valence-electron chi connectivity index (χ0n) is 16.1. The molecule has 0 aromatic heterocycles. The first kappa shape index (κ1) is 20.8. The second-order valence-electron chi connectivity index (χ2n) is 6.64. The highest BCUT2D eigenvalue weighted by atomic mass is 32.2. The summed E-state index contributed by atoms with van der Waals surface area (Å²) in [6.45, 7) is 1.80. The van der Waals surface area contributed by atoms with E-state index in [4.69, 9.17) is 18.9 Å². The minimum atomic E-state index is -3.48. The van der Waals surface area contributed by atoms with Crippen LogP contribution in [0.1, 0.15) is 23.2 Å². The predicted molar refractivity (Wildman–Crippen MR) is 101 cm³/mol. The number of carbonyl (C=O) groups excluding carboxylic acids is 1. The van der Waals surface area contributed by atoms with Gasteiger partial charge >= 0.3 is 0 Å². The van der Waals surface area contributed by atoms with E-state index in [-0.39, 0.29) is 12.3 Å². The van der Waals surface area contributed by atoms with Gasteiger partial charge in [-0.2, -0.15) is 0 Å². The molecular weight excluding hydrogens is 388 g/mol. The maximum Gasteiger partial charge on any atom is 0.255 e. The Morgan fingerprint density at radius 2 is 1.86 bits per heavy atom. The average Bonchev–Trinajstić information content (AvgIpc) is 3.15. The van der Waals surface area contributed by atoms with Gasteiger partial charge in [-0.3, -0.25) is 4.79 Å². The van der Waals surface area contributed by atoms with Crippen LogP contribution in [0.4, 0.5) is 0 Å². The Bertz CT molecular complexity index is 796. The molecule has 2 fully saturated rings. The lowest BCUT2D eigenvalue weighted by Gasteiger charge is -2.36. The first-order chi connectivity index (χ1) is 13.4. The number of methoxy groups -OCH3 is 2. The van der Waals surface area contributed by atoms with Crippen molar-refractivity contribution in [3.05, 3.63) is 23.8 Å². The Labute approximate surface area is 164 Å². The molecule has 2 heterocycles. The molecule has 3 rings (SSSR count). The second kappa shape index (κ2) is 8.64. The van der Waals surface area contributed by atoms with Crippen LogP contribution in [-0.2, 0) is 19.5 Å². The number of piperidine rings is 1. The van der Waals surface area contributed by atoms with Crippen LogP contribution in [0.5, 0.6) is 11.5 Å². The fourth-order valence-electron chi connectivity index (χ4n) is 3.39. The third-order valence-corrected chi connectivity index (χ3v) is 6.86. The Kier molecular flexibility index (Phi) is 6.43. The summed E-state index contributed by atoms with van der Waals surface area (Å²) in [5.41, 5.74) is 0.316. The first-order valence-electron chi connectivity index (χ1n) is 9.15. The van der Waals surface area contributed by atoms with E-state index in [1.807, 2.05) is 0 Å². The normalized spacial score (nSPS) is 19.5. The van der Waals surface area contributed by atoms with Gasteiger partial charge in [-0.25, -0.2) is 12.7 Å². The van der Waals surface area contributed by atoms with Crippen molar-refractivity contribution in [3.63, 3.8) is 0 Å². The van der Waals surface area contributed by atoms with E-state index in [2.05, 4.69) is 5.32 Å². The number of hydrogen-bond acceptors (Lipinski definition) is 7. The monoisotopic (exact) mass is 414 g/mol. The summed E-state index contributed by atoms with van der Waals surface area (Å²) in [5, 5.41) is 2.64. The highest BCUT2D eigenvalue weighted by Crippen LogP contribution is 2.32. The standard InChI is InChI=1S/C18H26N2O7S/c1-24-14-3-4-15(16(13-14)25-2)17(21)19-7-12-28(22,23)20-8-5-18(6-9-20)26-10-11-27-18/h3-4,13H,5-12H2,1-2H3,(H,19,21). The molecule has 0 aliphatic carbocycles. The molecular formula is C18H26N2O7S. The van der Waals surface area contributed by atoms with Crippen molar-refractivity contribution in [1.29, 1.82) is 0 Å². The third kappa shape index (κ3) is 4.57. The highest BCUT2D eigenvalue weighted by Gasteiger charge is 2.42. The Hall–Kier alpha value is -1.88. The van der Waals surface area contributed by atoms with Crippen LogP contribution in [0.25, 0.3) is 0 Å². The molecule has 1 aromatic rings. The van der Waals surface area contributed by atoms with Crippen LogP contribution in [0.2, 0.25) is 0 Å². The molecule has 0 atom stereocenters. The van der Waals surface area contributed by atoms with E-state index in [1.54, 1.807) is 18.2 Å². The van der Waals surface area contributed by atoms with Crippen molar-refractivity contribution in [2.75, 3.05) is 52.8 Å². The molecule has 0 radical (unpaired) electrons. The van der Waals surface area contributed by atoms with Crippen molar-refractivity contribution in [2.45, 2.75) is 18.6 Å². The molecule has 9 nitrogen and oxygen atoms in total. The fourth-order valence-corrected chi connectivity index (χ4v) is 4.75. The largest absolute Gasteiger partial charge is 0.497 e. The molecule has 1 N–H and O–H groups in total. The number of hydrogen-bond donors (Lipinski definition) is 1. The van der Waals surface area contributed by atoms with Crippen molar-refractivity contribution in [2.24, 2.45) is 0 Å². The van der Waals surface area contributed by atoms with E-state index in [9.17, 15) is 13.2 Å². The van der Waals surface area contributed by atoms with Crippen molar-refractivity contribution in [3.8, 4) is 11.5 Å². The zero-order chi connectivity index (χ0) is 20.2. The van der Waals surface area contributed by atoms with Crippen LogP contribution in [0.15, 0.2) is 18.2 Å². The summed E-state index contributed by atoms with van der Waals surface area (Å²) in [7, 11) is -0.502. The molecule has 2 aliphatic rings. The van der Waals surface area contributed by atoms with E-state index in [0.29, 0.717) is 56.2 Å². The van der Waals surface area contributed by atoms with E-state index < -0.39 is 21.7 Å². The lowest BCUT2D eigenvalue weighted by Crippen LogP contribution is -2.48. The molecule has 156 valence electrons. The molecule has 28 heavy (non-hydrogen) atoms. The van der Waals surface area contributed by atoms with Crippen LogP contribution in [-0.4, -0.2) is 77.2 Å². The van der Waals surface area contributed by atoms with Gasteiger partial charge in [0.15, 0.2) is 5.79 Å². The van der Waals surface area contributed by atoms with Crippen molar-refractivity contribution >= 4 is 15.9 Å². The van der Waals surface area contributed by atoms with Gasteiger partial charge in [-0.1, -0.05) is 0 Å². The lowest BCUT2D eigenvalue weighted by atomic mass is 10.1. The SMILES string of the molecule is COc1ccc(C(=O)NCCS(=O)(=O)N2CCC3(CC2)OCCO3)c(OC)c1. The Morgan fingerprint density at radius 3 is 2.46 bits per heavy atom. The van der Waals surface area contributed by atoms with Gasteiger partial charge < -0.3 is 24.3 Å². The number of amides is 1. The second-order valence-corrected chi connectivity index (χ2v) is 8.73. The first-order valence-corrected chi connectivity index (χ1v) is 10.8. The minimum Gasteiger partial charge on any atom is -0.497 e. The van der Waals surface area contributed by atoms with Crippen LogP contribution in [0, 0.1) is 0 Å². The third-order valence-electron chi connectivity index (χ3n) is 4.99. The summed E-state index contributed by atoms with van der Waals surface area (Å²) < 4.78 is 48.1. The van der Waals surface area contributed by atoms with Crippen molar-refractivity contribution < 1.29 is 32.2 Å². The predicted octanol–water partition coefficient (Wildman–Crippen LogP) is 0.602. The number of nitrogens with one attached hydrogen (secondary N) is 1. The number of benzene rings is 1. The van der Waals surface area contributed by atoms with Gasteiger partial charge in [0, 0.05) is 38.5 Å². The minimum absolute atomic E-state index is 0.00495.